The Morgan fingerprint density at radius 1 is 1.12 bits per heavy atom. The van der Waals surface area contributed by atoms with Crippen molar-refractivity contribution in [2.75, 3.05) is 12.4 Å². The number of hydrogen-bond donors (Lipinski definition) is 1. The van der Waals surface area contributed by atoms with Crippen molar-refractivity contribution in [3.8, 4) is 11.8 Å². The third-order valence-electron chi connectivity index (χ3n) is 4.02. The van der Waals surface area contributed by atoms with E-state index < -0.39 is 17.9 Å². The lowest BCUT2D eigenvalue weighted by Gasteiger charge is -2.15. The van der Waals surface area contributed by atoms with Crippen molar-refractivity contribution < 1.29 is 19.1 Å². The van der Waals surface area contributed by atoms with E-state index in [9.17, 15) is 14.4 Å². The van der Waals surface area contributed by atoms with Crippen LogP contribution in [0.3, 0.4) is 0 Å². The Balaban J connectivity index is 1.69. The van der Waals surface area contributed by atoms with Gasteiger partial charge in [0.2, 0.25) is 0 Å². The average molecular weight is 349 g/mol. The van der Waals surface area contributed by atoms with Crippen LogP contribution >= 0.6 is 0 Å². The molecule has 1 heterocycles. The lowest BCUT2D eigenvalue weighted by Crippen LogP contribution is -2.30. The summed E-state index contributed by atoms with van der Waals surface area (Å²) in [6.45, 7) is 1.59. The van der Waals surface area contributed by atoms with Crippen molar-refractivity contribution in [1.29, 1.82) is 5.26 Å². The third-order valence-corrected chi connectivity index (χ3v) is 4.02. The molecule has 0 aliphatic carbocycles. The van der Waals surface area contributed by atoms with Crippen molar-refractivity contribution in [3.05, 3.63) is 59.2 Å². The van der Waals surface area contributed by atoms with Crippen LogP contribution in [0.4, 0.5) is 5.69 Å². The van der Waals surface area contributed by atoms with Crippen molar-refractivity contribution in [3.63, 3.8) is 0 Å². The minimum Gasteiger partial charge on any atom is -0.481 e. The number of carbonyl (C=O) groups is 3. The van der Waals surface area contributed by atoms with Crippen molar-refractivity contribution in [2.24, 2.45) is 0 Å². The van der Waals surface area contributed by atoms with Gasteiger partial charge in [0.15, 0.2) is 6.10 Å². The molecule has 1 aliphatic rings. The maximum absolute atomic E-state index is 12.3. The molecular weight excluding hydrogens is 334 g/mol. The highest BCUT2D eigenvalue weighted by atomic mass is 16.5. The zero-order valence-corrected chi connectivity index (χ0v) is 14.1. The number of fused-ring (bicyclic) bond motifs is 1. The first-order valence-corrected chi connectivity index (χ1v) is 7.85. The molecule has 3 amide bonds. The second-order valence-electron chi connectivity index (χ2n) is 5.82. The van der Waals surface area contributed by atoms with E-state index in [0.29, 0.717) is 22.6 Å². The smallest absolute Gasteiger partial charge is 0.265 e. The SMILES string of the molecule is C[C@H](Oc1ccc(C#N)cc1)C(=O)Nc1ccc2c(c1)C(=O)N(C)C2=O. The van der Waals surface area contributed by atoms with E-state index in [4.69, 9.17) is 10.00 Å². The van der Waals surface area contributed by atoms with Gasteiger partial charge in [0, 0.05) is 12.7 Å². The van der Waals surface area contributed by atoms with Crippen LogP contribution in [0.1, 0.15) is 33.2 Å². The second kappa shape index (κ2) is 6.69. The fraction of sp³-hybridized carbons (Fsp3) is 0.158. The number of nitrogens with one attached hydrogen (secondary N) is 1. The molecule has 1 N–H and O–H groups in total. The Hall–Kier alpha value is -3.66. The standard InChI is InChI=1S/C19H15N3O4/c1-11(26-14-6-3-12(10-20)4-7-14)17(23)21-13-5-8-15-16(9-13)19(25)22(2)18(15)24/h3-9,11H,1-2H3,(H,21,23)/t11-/m0/s1. The van der Waals surface area contributed by atoms with Gasteiger partial charge in [-0.2, -0.15) is 5.26 Å². The summed E-state index contributed by atoms with van der Waals surface area (Å²) in [5, 5.41) is 11.4. The number of rotatable bonds is 4. The Morgan fingerprint density at radius 2 is 1.77 bits per heavy atom. The first-order valence-electron chi connectivity index (χ1n) is 7.85. The van der Waals surface area contributed by atoms with Gasteiger partial charge < -0.3 is 10.1 Å². The van der Waals surface area contributed by atoms with Crippen molar-refractivity contribution in [1.82, 2.24) is 4.90 Å². The first kappa shape index (κ1) is 17.2. The first-order chi connectivity index (χ1) is 12.4. The summed E-state index contributed by atoms with van der Waals surface area (Å²) in [5.41, 5.74) is 1.48. The van der Waals surface area contributed by atoms with E-state index >= 15 is 0 Å². The number of imide groups is 1. The van der Waals surface area contributed by atoms with Crippen LogP contribution in [-0.2, 0) is 4.79 Å². The van der Waals surface area contributed by atoms with E-state index in [1.807, 2.05) is 6.07 Å². The summed E-state index contributed by atoms with van der Waals surface area (Å²) < 4.78 is 5.54. The number of ether oxygens (including phenoxy) is 1. The summed E-state index contributed by atoms with van der Waals surface area (Å²) in [6, 6.07) is 13.0. The minimum absolute atomic E-state index is 0.260. The molecule has 7 nitrogen and oxygen atoms in total. The van der Waals surface area contributed by atoms with Gasteiger partial charge >= 0.3 is 0 Å². The molecule has 0 fully saturated rings. The molecule has 2 aromatic rings. The molecule has 3 rings (SSSR count). The molecule has 26 heavy (non-hydrogen) atoms. The van der Waals surface area contributed by atoms with Crippen molar-refractivity contribution in [2.45, 2.75) is 13.0 Å². The maximum atomic E-state index is 12.3. The molecule has 7 heteroatoms. The molecule has 0 saturated carbocycles. The summed E-state index contributed by atoms with van der Waals surface area (Å²) >= 11 is 0. The number of carbonyl (C=O) groups excluding carboxylic acids is 3. The fourth-order valence-electron chi connectivity index (χ4n) is 2.55. The van der Waals surface area contributed by atoms with E-state index in [-0.39, 0.29) is 11.5 Å². The predicted molar refractivity (Wildman–Crippen MR) is 92.7 cm³/mol. The van der Waals surface area contributed by atoms with E-state index in [2.05, 4.69) is 5.32 Å². The van der Waals surface area contributed by atoms with Crippen LogP contribution in [0.25, 0.3) is 0 Å². The quantitative estimate of drug-likeness (QED) is 0.853. The van der Waals surface area contributed by atoms with Gasteiger partial charge in [0.25, 0.3) is 17.7 Å². The zero-order chi connectivity index (χ0) is 18.8. The fourth-order valence-corrected chi connectivity index (χ4v) is 2.55. The molecule has 2 aromatic carbocycles. The van der Waals surface area contributed by atoms with Gasteiger partial charge in [-0.15, -0.1) is 0 Å². The molecule has 130 valence electrons. The maximum Gasteiger partial charge on any atom is 0.265 e. The molecule has 0 saturated heterocycles. The van der Waals surface area contributed by atoms with Gasteiger partial charge in [-0.05, 0) is 49.4 Å². The highest BCUT2D eigenvalue weighted by Crippen LogP contribution is 2.25. The summed E-state index contributed by atoms with van der Waals surface area (Å²) in [7, 11) is 1.41. The summed E-state index contributed by atoms with van der Waals surface area (Å²) in [6.07, 6.45) is -0.795. The van der Waals surface area contributed by atoms with Gasteiger partial charge in [-0.3, -0.25) is 19.3 Å². The molecule has 1 atom stereocenters. The van der Waals surface area contributed by atoms with Gasteiger partial charge in [-0.25, -0.2) is 0 Å². The number of amides is 3. The number of benzene rings is 2. The number of anilines is 1. The number of hydrogen-bond acceptors (Lipinski definition) is 5. The van der Waals surface area contributed by atoms with Crippen LogP contribution in [0.5, 0.6) is 5.75 Å². The summed E-state index contributed by atoms with van der Waals surface area (Å²) in [5.74, 6) is -0.703. The Bertz CT molecular complexity index is 944. The summed E-state index contributed by atoms with van der Waals surface area (Å²) in [4.78, 5) is 37.2. The highest BCUT2D eigenvalue weighted by Gasteiger charge is 2.32. The van der Waals surface area contributed by atoms with Crippen LogP contribution < -0.4 is 10.1 Å². The zero-order valence-electron chi connectivity index (χ0n) is 14.1. The molecule has 0 unspecified atom stereocenters. The molecule has 0 radical (unpaired) electrons. The van der Waals surface area contributed by atoms with Crippen molar-refractivity contribution >= 4 is 23.4 Å². The lowest BCUT2D eigenvalue weighted by atomic mass is 10.1. The van der Waals surface area contributed by atoms with Gasteiger partial charge in [-0.1, -0.05) is 0 Å². The molecular formula is C19H15N3O4. The molecule has 0 aromatic heterocycles. The largest absolute Gasteiger partial charge is 0.481 e. The monoisotopic (exact) mass is 349 g/mol. The Kier molecular flexibility index (Phi) is 4.42. The lowest BCUT2D eigenvalue weighted by molar-refractivity contribution is -0.122. The van der Waals surface area contributed by atoms with E-state index in [1.165, 1.54) is 19.2 Å². The molecule has 0 spiro atoms. The van der Waals surface area contributed by atoms with Gasteiger partial charge in [0.05, 0.1) is 22.8 Å². The van der Waals surface area contributed by atoms with Crippen LogP contribution in [0.15, 0.2) is 42.5 Å². The third kappa shape index (κ3) is 3.13. The molecule has 0 bridgehead atoms. The predicted octanol–water partition coefficient (Wildman–Crippen LogP) is 2.19. The Morgan fingerprint density at radius 3 is 2.42 bits per heavy atom. The number of nitriles is 1. The second-order valence-corrected chi connectivity index (χ2v) is 5.82. The molecule has 1 aliphatic heterocycles. The Labute approximate surface area is 149 Å². The van der Waals surface area contributed by atoms with Crippen LogP contribution in [-0.4, -0.2) is 35.8 Å². The normalized spacial score (nSPS) is 13.8. The minimum atomic E-state index is -0.795. The van der Waals surface area contributed by atoms with E-state index in [1.54, 1.807) is 37.3 Å². The van der Waals surface area contributed by atoms with E-state index in [0.717, 1.165) is 4.90 Å². The number of nitrogens with zero attached hydrogens (tertiary/aromatic N) is 2. The topological polar surface area (TPSA) is 99.5 Å². The van der Waals surface area contributed by atoms with Gasteiger partial charge in [0.1, 0.15) is 5.75 Å². The van der Waals surface area contributed by atoms with Crippen LogP contribution in [0, 0.1) is 11.3 Å². The average Bonchev–Trinajstić information content (AvgIpc) is 2.86. The van der Waals surface area contributed by atoms with Crippen LogP contribution in [0.2, 0.25) is 0 Å². The highest BCUT2D eigenvalue weighted by molar-refractivity contribution is 6.21.